The van der Waals surface area contributed by atoms with E-state index < -0.39 is 0 Å². The van der Waals surface area contributed by atoms with Crippen LogP contribution in [-0.2, 0) is 0 Å². The zero-order valence-electron chi connectivity index (χ0n) is 30.4. The molecule has 12 rings (SSSR count). The molecule has 11 aromatic rings. The maximum absolute atomic E-state index is 2.45. The smallest absolute Gasteiger partial charge is 0.0541 e. The second-order valence-electron chi connectivity index (χ2n) is 14.8. The number of aromatic nitrogens is 1. The second kappa shape index (κ2) is 12.3. The van der Waals surface area contributed by atoms with Gasteiger partial charge in [0.2, 0.25) is 0 Å². The normalized spacial score (nSPS) is 11.9. The molecule has 0 fully saturated rings. The molecule has 9 aromatic carbocycles. The second-order valence-corrected chi connectivity index (χ2v) is 15.9. The largest absolute Gasteiger partial charge is 0.309 e. The molecule has 0 atom stereocenters. The Morgan fingerprint density at radius 2 is 0.696 bits per heavy atom. The molecule has 0 spiro atoms. The Balaban J connectivity index is 1.13. The van der Waals surface area contributed by atoms with E-state index in [0.29, 0.717) is 0 Å². The van der Waals surface area contributed by atoms with Crippen molar-refractivity contribution in [2.24, 2.45) is 0 Å². The van der Waals surface area contributed by atoms with Gasteiger partial charge in [-0.1, -0.05) is 146 Å². The van der Waals surface area contributed by atoms with E-state index in [2.05, 4.69) is 205 Å². The van der Waals surface area contributed by atoms with Gasteiger partial charge in [-0.3, -0.25) is 0 Å². The Kier molecular flexibility index (Phi) is 6.87. The van der Waals surface area contributed by atoms with E-state index in [1.54, 1.807) is 0 Å². The highest BCUT2D eigenvalue weighted by Crippen LogP contribution is 2.49. The van der Waals surface area contributed by atoms with Crippen molar-refractivity contribution in [1.82, 2.24) is 4.57 Å². The molecule has 0 bridgehead atoms. The van der Waals surface area contributed by atoms with E-state index in [9.17, 15) is 0 Å². The third-order valence-corrected chi connectivity index (χ3v) is 12.9. The highest BCUT2D eigenvalue weighted by molar-refractivity contribution is 7.25. The van der Waals surface area contributed by atoms with Crippen LogP contribution in [0, 0.1) is 0 Å². The van der Waals surface area contributed by atoms with Gasteiger partial charge < -0.3 is 4.57 Å². The first-order valence-corrected chi connectivity index (χ1v) is 20.1. The summed E-state index contributed by atoms with van der Waals surface area (Å²) in [5, 5.41) is 5.15. The summed E-state index contributed by atoms with van der Waals surface area (Å²) in [4.78, 5) is 0. The van der Waals surface area contributed by atoms with Gasteiger partial charge in [0.1, 0.15) is 0 Å². The summed E-state index contributed by atoms with van der Waals surface area (Å²) in [5.74, 6) is 0. The van der Waals surface area contributed by atoms with Crippen molar-refractivity contribution in [2.75, 3.05) is 0 Å². The molecule has 0 aliphatic heterocycles. The maximum Gasteiger partial charge on any atom is 0.0541 e. The van der Waals surface area contributed by atoms with Gasteiger partial charge in [0.15, 0.2) is 0 Å². The first kappa shape index (κ1) is 31.4. The number of para-hydroxylation sites is 2. The predicted octanol–water partition coefficient (Wildman–Crippen LogP) is 15.5. The zero-order valence-corrected chi connectivity index (χ0v) is 31.2. The summed E-state index contributed by atoms with van der Waals surface area (Å²) in [7, 11) is 0. The number of hydrogen-bond donors (Lipinski definition) is 0. The van der Waals surface area contributed by atoms with E-state index in [1.807, 2.05) is 11.3 Å². The quantitative estimate of drug-likeness (QED) is 0.171. The van der Waals surface area contributed by atoms with E-state index >= 15 is 0 Å². The third-order valence-electron chi connectivity index (χ3n) is 11.8. The highest BCUT2D eigenvalue weighted by Gasteiger charge is 2.22. The van der Waals surface area contributed by atoms with Crippen molar-refractivity contribution in [2.45, 2.75) is 0 Å². The summed E-state index contributed by atoms with van der Waals surface area (Å²) in [5.41, 5.74) is 18.4. The van der Waals surface area contributed by atoms with Gasteiger partial charge in [0.25, 0.3) is 0 Å². The third kappa shape index (κ3) is 4.73. The van der Waals surface area contributed by atoms with Crippen molar-refractivity contribution >= 4 is 53.3 Å². The minimum atomic E-state index is 1.15. The fraction of sp³-hybridized carbons (Fsp3) is 0. The molecular formula is C54H33NS. The first-order valence-electron chi connectivity index (χ1n) is 19.3. The molecule has 2 heterocycles. The molecule has 0 amide bonds. The summed E-state index contributed by atoms with van der Waals surface area (Å²) in [6.07, 6.45) is 0. The Hall–Kier alpha value is -7.00. The van der Waals surface area contributed by atoms with Gasteiger partial charge >= 0.3 is 0 Å². The lowest BCUT2D eigenvalue weighted by Gasteiger charge is -2.23. The highest BCUT2D eigenvalue weighted by atomic mass is 32.1. The van der Waals surface area contributed by atoms with Crippen LogP contribution in [0.5, 0.6) is 0 Å². The first-order chi connectivity index (χ1) is 27.8. The van der Waals surface area contributed by atoms with Crippen molar-refractivity contribution in [3.05, 3.63) is 200 Å². The SMILES string of the molecule is c1ccc2c(c1)-c1ccccc1-c1ccc(-c3cc(-c4ccc5sc6ccccc6c5c4)cc(-n4c5ccccc5c5ccccc54)c3)cc1-c1ccccc1-2. The van der Waals surface area contributed by atoms with Crippen LogP contribution < -0.4 is 0 Å². The van der Waals surface area contributed by atoms with Crippen molar-refractivity contribution in [3.63, 3.8) is 0 Å². The monoisotopic (exact) mass is 727 g/mol. The number of thiophene rings is 1. The fourth-order valence-electron chi connectivity index (χ4n) is 9.22. The lowest BCUT2D eigenvalue weighted by atomic mass is 9.80. The molecule has 0 unspecified atom stereocenters. The summed E-state index contributed by atoms with van der Waals surface area (Å²) >= 11 is 1.87. The Morgan fingerprint density at radius 1 is 0.268 bits per heavy atom. The van der Waals surface area contributed by atoms with Crippen LogP contribution in [0.4, 0.5) is 0 Å². The summed E-state index contributed by atoms with van der Waals surface area (Å²) in [6, 6.07) is 74.3. The summed E-state index contributed by atoms with van der Waals surface area (Å²) in [6.45, 7) is 0. The molecule has 0 saturated carbocycles. The van der Waals surface area contributed by atoms with Gasteiger partial charge in [-0.15, -0.1) is 11.3 Å². The van der Waals surface area contributed by atoms with Gasteiger partial charge in [0.05, 0.1) is 11.0 Å². The number of nitrogens with zero attached hydrogens (tertiary/aromatic N) is 1. The van der Waals surface area contributed by atoms with Gasteiger partial charge in [-0.05, 0) is 121 Å². The lowest BCUT2D eigenvalue weighted by molar-refractivity contribution is 1.18. The average Bonchev–Trinajstić information content (AvgIpc) is 3.81. The van der Waals surface area contributed by atoms with E-state index in [4.69, 9.17) is 0 Å². The van der Waals surface area contributed by atoms with Crippen LogP contribution in [0.3, 0.4) is 0 Å². The van der Waals surface area contributed by atoms with Crippen LogP contribution in [0.25, 0.3) is 114 Å². The number of benzene rings is 9. The van der Waals surface area contributed by atoms with Gasteiger partial charge in [-0.25, -0.2) is 0 Å². The molecule has 1 nitrogen and oxygen atoms in total. The molecule has 2 aromatic heterocycles. The number of rotatable bonds is 3. The van der Waals surface area contributed by atoms with Gasteiger partial charge in [-0.2, -0.15) is 0 Å². The van der Waals surface area contributed by atoms with E-state index in [1.165, 1.54) is 109 Å². The van der Waals surface area contributed by atoms with Crippen molar-refractivity contribution in [3.8, 4) is 72.4 Å². The predicted molar refractivity (Wildman–Crippen MR) is 240 cm³/mol. The molecule has 0 radical (unpaired) electrons. The molecular weight excluding hydrogens is 695 g/mol. The average molecular weight is 728 g/mol. The number of hydrogen-bond acceptors (Lipinski definition) is 1. The topological polar surface area (TPSA) is 4.93 Å². The van der Waals surface area contributed by atoms with E-state index in [-0.39, 0.29) is 0 Å². The zero-order chi connectivity index (χ0) is 36.7. The Bertz CT molecular complexity index is 3320. The molecule has 260 valence electrons. The van der Waals surface area contributed by atoms with Crippen molar-refractivity contribution in [1.29, 1.82) is 0 Å². The fourth-order valence-corrected chi connectivity index (χ4v) is 10.3. The van der Waals surface area contributed by atoms with Crippen LogP contribution in [-0.4, -0.2) is 4.57 Å². The van der Waals surface area contributed by atoms with E-state index in [0.717, 1.165) is 5.69 Å². The minimum absolute atomic E-state index is 1.15. The molecule has 0 saturated heterocycles. The summed E-state index contributed by atoms with van der Waals surface area (Å²) < 4.78 is 5.09. The van der Waals surface area contributed by atoms with Crippen molar-refractivity contribution < 1.29 is 0 Å². The van der Waals surface area contributed by atoms with Gasteiger partial charge in [0, 0.05) is 36.6 Å². The standard InChI is InChI=1S/C54H33NS/c1-2-14-40-39(13-1)41-15-3-4-17-43(41)45-27-25-34(32-49(45)44-18-6-5-16-42(40)44)36-29-37(35-26-28-54-50(33-35)48-21-9-12-24-53(48)56-54)31-38(30-36)55-51-22-10-7-19-46(51)47-20-8-11-23-52(47)55/h1-33H. The molecule has 1 aliphatic carbocycles. The maximum atomic E-state index is 2.45. The van der Waals surface area contributed by atoms with Crippen LogP contribution in [0.2, 0.25) is 0 Å². The van der Waals surface area contributed by atoms with Crippen LogP contribution >= 0.6 is 11.3 Å². The number of fused-ring (bicyclic) bond motifs is 14. The lowest BCUT2D eigenvalue weighted by Crippen LogP contribution is -1.98. The van der Waals surface area contributed by atoms with Crippen LogP contribution in [0.15, 0.2) is 200 Å². The Morgan fingerprint density at radius 3 is 1.29 bits per heavy atom. The molecule has 0 N–H and O–H groups in total. The molecule has 1 aliphatic rings. The minimum Gasteiger partial charge on any atom is -0.309 e. The molecule has 56 heavy (non-hydrogen) atoms. The van der Waals surface area contributed by atoms with Crippen LogP contribution in [0.1, 0.15) is 0 Å². The molecule has 2 heteroatoms. The Labute approximate surface area is 329 Å².